The molecule has 46 heavy (non-hydrogen) atoms. The van der Waals surface area contributed by atoms with Crippen LogP contribution in [-0.4, -0.2) is 6.54 Å². The Morgan fingerprint density at radius 1 is 0.457 bits per heavy atom. The molecule has 0 aliphatic carbocycles. The van der Waals surface area contributed by atoms with Gasteiger partial charge in [-0.2, -0.15) is 0 Å². The average Bonchev–Trinajstić information content (AvgIpc) is 3.14. The predicted molar refractivity (Wildman–Crippen MR) is 199 cm³/mol. The molecular formula is C44H38N2. The lowest BCUT2D eigenvalue weighted by Crippen LogP contribution is -2.26. The Labute approximate surface area is 272 Å². The number of hydrogen-bond donors (Lipinski definition) is 1. The van der Waals surface area contributed by atoms with Crippen molar-refractivity contribution in [2.24, 2.45) is 0 Å². The second kappa shape index (κ2) is 15.2. The summed E-state index contributed by atoms with van der Waals surface area (Å²) < 4.78 is 0. The molecule has 7 aromatic carbocycles. The third-order valence-electron chi connectivity index (χ3n) is 7.97. The van der Waals surface area contributed by atoms with Crippen LogP contribution < -0.4 is 20.7 Å². The van der Waals surface area contributed by atoms with Gasteiger partial charge < -0.3 is 10.2 Å². The number of anilines is 4. The van der Waals surface area contributed by atoms with Gasteiger partial charge >= 0.3 is 0 Å². The third kappa shape index (κ3) is 7.80. The molecule has 0 amide bonds. The van der Waals surface area contributed by atoms with Crippen LogP contribution in [0.4, 0.5) is 22.7 Å². The van der Waals surface area contributed by atoms with Gasteiger partial charge in [-0.25, -0.2) is 0 Å². The number of fused-ring (bicyclic) bond motifs is 1. The minimum atomic E-state index is 0.805. The van der Waals surface area contributed by atoms with E-state index >= 15 is 0 Å². The molecule has 224 valence electrons. The van der Waals surface area contributed by atoms with Crippen LogP contribution in [0.5, 0.6) is 0 Å². The Kier molecular flexibility index (Phi) is 9.99. The molecule has 1 N–H and O–H groups in total. The molecule has 0 radical (unpaired) electrons. The molecule has 0 aromatic heterocycles. The van der Waals surface area contributed by atoms with Crippen LogP contribution in [0.25, 0.3) is 34.1 Å². The van der Waals surface area contributed by atoms with Gasteiger partial charge in [-0.3, -0.25) is 0 Å². The predicted octanol–water partition coefficient (Wildman–Crippen LogP) is 10.4. The minimum absolute atomic E-state index is 0.805. The largest absolute Gasteiger partial charge is 0.356 e. The molecule has 0 fully saturated rings. The molecule has 2 nitrogen and oxygen atoms in total. The summed E-state index contributed by atoms with van der Waals surface area (Å²) in [5.41, 5.74) is 7.08. The van der Waals surface area contributed by atoms with Crippen molar-refractivity contribution < 1.29 is 0 Å². The van der Waals surface area contributed by atoms with E-state index in [1.807, 2.05) is 18.2 Å². The van der Waals surface area contributed by atoms with Gasteiger partial charge in [0.1, 0.15) is 0 Å². The molecule has 7 aromatic rings. The first-order chi connectivity index (χ1) is 22.8. The van der Waals surface area contributed by atoms with E-state index in [1.165, 1.54) is 43.7 Å². The van der Waals surface area contributed by atoms with Crippen molar-refractivity contribution in [2.45, 2.75) is 6.92 Å². The van der Waals surface area contributed by atoms with Gasteiger partial charge in [-0.1, -0.05) is 146 Å². The first-order valence-electron chi connectivity index (χ1n) is 15.8. The molecule has 0 heterocycles. The molecule has 0 aliphatic heterocycles. The van der Waals surface area contributed by atoms with Crippen LogP contribution in [0.1, 0.15) is 6.92 Å². The molecule has 0 saturated heterocycles. The maximum absolute atomic E-state index is 3.40. The van der Waals surface area contributed by atoms with Crippen LogP contribution >= 0.6 is 0 Å². The molecule has 0 bridgehead atoms. The van der Waals surface area contributed by atoms with Gasteiger partial charge in [-0.05, 0) is 87.8 Å². The maximum atomic E-state index is 3.40. The van der Waals surface area contributed by atoms with E-state index in [-0.39, 0.29) is 0 Å². The highest BCUT2D eigenvalue weighted by atomic mass is 15.1. The van der Waals surface area contributed by atoms with E-state index < -0.39 is 0 Å². The maximum Gasteiger partial charge on any atom is 0.0420 e. The van der Waals surface area contributed by atoms with Crippen LogP contribution in [-0.2, 0) is 0 Å². The van der Waals surface area contributed by atoms with Gasteiger partial charge in [0.25, 0.3) is 0 Å². The fraction of sp³-hybridized carbons (Fsp3) is 0.0455. The zero-order valence-corrected chi connectivity index (χ0v) is 26.1. The number of rotatable bonds is 7. The first-order valence-corrected chi connectivity index (χ1v) is 15.8. The van der Waals surface area contributed by atoms with Gasteiger partial charge in [-0.15, -0.1) is 0 Å². The Balaban J connectivity index is 0.000000185. The van der Waals surface area contributed by atoms with Gasteiger partial charge in [0, 0.05) is 29.3 Å². The highest BCUT2D eigenvalue weighted by Gasteiger charge is 2.08. The van der Waals surface area contributed by atoms with Crippen molar-refractivity contribution in [3.8, 4) is 11.1 Å². The highest BCUT2D eigenvalue weighted by Crippen LogP contribution is 2.28. The van der Waals surface area contributed by atoms with Crippen molar-refractivity contribution in [1.82, 2.24) is 0 Å². The Bertz CT molecular complexity index is 2090. The van der Waals surface area contributed by atoms with Crippen molar-refractivity contribution >= 4 is 45.7 Å². The van der Waals surface area contributed by atoms with Gasteiger partial charge in [0.15, 0.2) is 0 Å². The number of nitrogens with one attached hydrogen (secondary N) is 1. The summed E-state index contributed by atoms with van der Waals surface area (Å²) in [6, 6.07) is 63.4. The number of para-hydroxylation sites is 2. The Hall–Kier alpha value is -5.86. The summed E-state index contributed by atoms with van der Waals surface area (Å²) in [6.07, 6.45) is 4.46. The lowest BCUT2D eigenvalue weighted by atomic mass is 10.1. The summed E-state index contributed by atoms with van der Waals surface area (Å²) in [5.74, 6) is 0. The van der Waals surface area contributed by atoms with Crippen LogP contribution in [0.3, 0.4) is 0 Å². The smallest absolute Gasteiger partial charge is 0.0420 e. The fourth-order valence-electron chi connectivity index (χ4n) is 5.54. The Morgan fingerprint density at radius 3 is 1.70 bits per heavy atom. The van der Waals surface area contributed by atoms with Crippen molar-refractivity contribution in [3.05, 3.63) is 192 Å². The Morgan fingerprint density at radius 2 is 1.00 bits per heavy atom. The van der Waals surface area contributed by atoms with Crippen LogP contribution in [0, 0.1) is 0 Å². The standard InChI is InChI=1S/C28H25N.C16H13N/c1-2-23-11-9-10-14-25(23)21-22-29(27-15-7-4-8-16-27)28-19-17-26(18-20-28)24-12-5-3-6-13-24;1-2-8-15(9-3-1)17-16-11-10-13-6-4-5-7-14(13)12-16/h2-21H,22H2,1H3;1-12,17H/b23-2-,25-21-;. The third-order valence-corrected chi connectivity index (χ3v) is 7.97. The van der Waals surface area contributed by atoms with Crippen LogP contribution in [0.15, 0.2) is 182 Å². The summed E-state index contributed by atoms with van der Waals surface area (Å²) >= 11 is 0. The van der Waals surface area contributed by atoms with Crippen molar-refractivity contribution in [3.63, 3.8) is 0 Å². The summed E-state index contributed by atoms with van der Waals surface area (Å²) in [7, 11) is 0. The number of hydrogen-bond acceptors (Lipinski definition) is 2. The normalized spacial score (nSPS) is 11.5. The molecule has 2 heteroatoms. The van der Waals surface area contributed by atoms with E-state index in [0.717, 1.165) is 17.9 Å². The summed E-state index contributed by atoms with van der Waals surface area (Å²) in [4.78, 5) is 2.35. The van der Waals surface area contributed by atoms with Crippen molar-refractivity contribution in [2.75, 3.05) is 16.8 Å². The number of nitrogens with zero attached hydrogens (tertiary/aromatic N) is 1. The fourth-order valence-corrected chi connectivity index (χ4v) is 5.54. The molecule has 0 spiro atoms. The zero-order valence-electron chi connectivity index (χ0n) is 26.1. The van der Waals surface area contributed by atoms with E-state index in [4.69, 9.17) is 0 Å². The van der Waals surface area contributed by atoms with E-state index in [9.17, 15) is 0 Å². The number of benzene rings is 7. The lowest BCUT2D eigenvalue weighted by molar-refractivity contribution is 1.13. The second-order valence-corrected chi connectivity index (χ2v) is 11.0. The van der Waals surface area contributed by atoms with E-state index in [2.05, 4.69) is 193 Å². The summed E-state index contributed by atoms with van der Waals surface area (Å²) in [5, 5.41) is 8.45. The SMILES string of the molecule is C/C=c1/cccc/c1=C/CN(c1ccccc1)c1ccc(-c2ccccc2)cc1.c1ccc(Nc2ccc3ccccc3c2)cc1. The van der Waals surface area contributed by atoms with Gasteiger partial charge in [0.05, 0.1) is 0 Å². The quantitative estimate of drug-likeness (QED) is 0.198. The molecule has 0 saturated carbocycles. The van der Waals surface area contributed by atoms with Crippen molar-refractivity contribution in [1.29, 1.82) is 0 Å². The van der Waals surface area contributed by atoms with E-state index in [1.54, 1.807) is 0 Å². The van der Waals surface area contributed by atoms with Crippen LogP contribution in [0.2, 0.25) is 0 Å². The first kappa shape index (κ1) is 30.2. The average molecular weight is 595 g/mol. The monoisotopic (exact) mass is 594 g/mol. The molecule has 0 atom stereocenters. The minimum Gasteiger partial charge on any atom is -0.356 e. The van der Waals surface area contributed by atoms with Gasteiger partial charge in [0.2, 0.25) is 0 Å². The molecular weight excluding hydrogens is 556 g/mol. The second-order valence-electron chi connectivity index (χ2n) is 11.0. The molecule has 7 rings (SSSR count). The molecule has 0 unspecified atom stereocenters. The zero-order chi connectivity index (χ0) is 31.4. The topological polar surface area (TPSA) is 15.3 Å². The lowest BCUT2D eigenvalue weighted by Gasteiger charge is -2.24. The molecule has 0 aliphatic rings. The van der Waals surface area contributed by atoms with E-state index in [0.29, 0.717) is 0 Å². The highest BCUT2D eigenvalue weighted by molar-refractivity contribution is 5.86. The summed E-state index contributed by atoms with van der Waals surface area (Å²) in [6.45, 7) is 2.89.